The van der Waals surface area contributed by atoms with Crippen LogP contribution >= 0.6 is 11.3 Å². The third kappa shape index (κ3) is 3.76. The van der Waals surface area contributed by atoms with Gasteiger partial charge in [0.15, 0.2) is 0 Å². The summed E-state index contributed by atoms with van der Waals surface area (Å²) in [6.45, 7) is 3.24. The lowest BCUT2D eigenvalue weighted by atomic mass is 9.97. The third-order valence-electron chi connectivity index (χ3n) is 5.96. The molecule has 0 spiro atoms. The molecule has 0 saturated carbocycles. The normalized spacial score (nSPS) is 13.6. The lowest BCUT2D eigenvalue weighted by molar-refractivity contribution is -0.121. The van der Waals surface area contributed by atoms with Crippen molar-refractivity contribution in [3.8, 4) is 0 Å². The molecule has 160 valence electrons. The van der Waals surface area contributed by atoms with Crippen LogP contribution in [0.15, 0.2) is 29.1 Å². The predicted molar refractivity (Wildman–Crippen MR) is 122 cm³/mol. The number of carbonyl (C=O) groups excluding carboxylic acids is 1. The van der Waals surface area contributed by atoms with Crippen LogP contribution in [-0.2, 0) is 37.1 Å². The Balaban J connectivity index is 1.26. The molecule has 0 bridgehead atoms. The second-order valence-corrected chi connectivity index (χ2v) is 9.03. The van der Waals surface area contributed by atoms with Crippen LogP contribution in [0.4, 0.5) is 0 Å². The van der Waals surface area contributed by atoms with Crippen LogP contribution < -0.4 is 10.9 Å². The summed E-state index contributed by atoms with van der Waals surface area (Å²) in [6, 6.07) is 7.98. The molecule has 31 heavy (non-hydrogen) atoms. The van der Waals surface area contributed by atoms with E-state index in [1.165, 1.54) is 16.9 Å². The third-order valence-corrected chi connectivity index (χ3v) is 7.14. The molecule has 3 aromatic heterocycles. The van der Waals surface area contributed by atoms with E-state index in [-0.39, 0.29) is 17.9 Å². The van der Waals surface area contributed by atoms with E-state index in [1.807, 2.05) is 24.3 Å². The summed E-state index contributed by atoms with van der Waals surface area (Å²) in [4.78, 5) is 39.4. The Bertz CT molecular complexity index is 1330. The van der Waals surface area contributed by atoms with E-state index in [0.717, 1.165) is 52.9 Å². The molecule has 0 atom stereocenters. The number of para-hydroxylation sites is 2. The molecule has 1 aliphatic carbocycles. The molecule has 1 amide bonds. The highest BCUT2D eigenvalue weighted by atomic mass is 32.1. The molecule has 0 fully saturated rings. The quantitative estimate of drug-likeness (QED) is 0.485. The van der Waals surface area contributed by atoms with E-state index < -0.39 is 0 Å². The number of hydrogen-bond donors (Lipinski definition) is 2. The van der Waals surface area contributed by atoms with Crippen molar-refractivity contribution in [2.75, 3.05) is 0 Å². The molecule has 0 saturated heterocycles. The molecule has 0 aliphatic heterocycles. The van der Waals surface area contributed by atoms with Crippen molar-refractivity contribution in [1.29, 1.82) is 0 Å². The molecule has 8 heteroatoms. The number of aryl methyl sites for hydroxylation is 4. The monoisotopic (exact) mass is 435 g/mol. The summed E-state index contributed by atoms with van der Waals surface area (Å²) < 4.78 is 2.11. The fourth-order valence-corrected chi connectivity index (χ4v) is 5.72. The SMILES string of the molecule is CCn1c(CNC(=O)CCc2nc3sc4c(c3c(=O)[nH]2)CCCC4)nc2ccccc21. The molecule has 1 aliphatic rings. The van der Waals surface area contributed by atoms with Crippen LogP contribution in [0.25, 0.3) is 21.3 Å². The summed E-state index contributed by atoms with van der Waals surface area (Å²) in [5, 5.41) is 3.71. The first-order valence-corrected chi connectivity index (χ1v) is 11.7. The number of nitrogens with one attached hydrogen (secondary N) is 2. The van der Waals surface area contributed by atoms with Crippen molar-refractivity contribution in [3.05, 3.63) is 56.7 Å². The Kier molecular flexibility index (Phi) is 5.31. The second kappa shape index (κ2) is 8.26. The van der Waals surface area contributed by atoms with Gasteiger partial charge in [-0.25, -0.2) is 9.97 Å². The molecule has 2 N–H and O–H groups in total. The van der Waals surface area contributed by atoms with Crippen LogP contribution in [0, 0.1) is 0 Å². The zero-order valence-electron chi connectivity index (χ0n) is 17.5. The number of H-pyrrole nitrogens is 1. The Morgan fingerprint density at radius 1 is 1.23 bits per heavy atom. The van der Waals surface area contributed by atoms with Gasteiger partial charge in [0.1, 0.15) is 16.5 Å². The highest BCUT2D eigenvalue weighted by Gasteiger charge is 2.20. The first-order chi connectivity index (χ1) is 15.1. The Hall–Kier alpha value is -3.00. The van der Waals surface area contributed by atoms with Gasteiger partial charge in [-0.15, -0.1) is 11.3 Å². The maximum Gasteiger partial charge on any atom is 0.259 e. The van der Waals surface area contributed by atoms with E-state index in [0.29, 0.717) is 18.8 Å². The van der Waals surface area contributed by atoms with Gasteiger partial charge in [-0.1, -0.05) is 12.1 Å². The number of carbonyl (C=O) groups is 1. The van der Waals surface area contributed by atoms with E-state index in [1.54, 1.807) is 11.3 Å². The smallest absolute Gasteiger partial charge is 0.259 e. The molecule has 4 aromatic rings. The van der Waals surface area contributed by atoms with Crippen molar-refractivity contribution in [1.82, 2.24) is 24.8 Å². The Morgan fingerprint density at radius 2 is 2.06 bits per heavy atom. The van der Waals surface area contributed by atoms with Gasteiger partial charge in [0.2, 0.25) is 5.91 Å². The first kappa shape index (κ1) is 19.9. The second-order valence-electron chi connectivity index (χ2n) is 7.94. The Labute approximate surface area is 183 Å². The van der Waals surface area contributed by atoms with Crippen LogP contribution in [-0.4, -0.2) is 25.4 Å². The van der Waals surface area contributed by atoms with Crippen LogP contribution in [0.2, 0.25) is 0 Å². The van der Waals surface area contributed by atoms with Gasteiger partial charge >= 0.3 is 0 Å². The van der Waals surface area contributed by atoms with Gasteiger partial charge < -0.3 is 14.9 Å². The highest BCUT2D eigenvalue weighted by molar-refractivity contribution is 7.18. The molecular formula is C23H25N5O2S. The van der Waals surface area contributed by atoms with E-state index in [9.17, 15) is 9.59 Å². The summed E-state index contributed by atoms with van der Waals surface area (Å²) >= 11 is 1.63. The fourth-order valence-electron chi connectivity index (χ4n) is 4.44. The molecule has 0 unspecified atom stereocenters. The predicted octanol–water partition coefficient (Wildman–Crippen LogP) is 3.48. The Morgan fingerprint density at radius 3 is 2.94 bits per heavy atom. The molecule has 1 aromatic carbocycles. The van der Waals surface area contributed by atoms with Gasteiger partial charge in [-0.2, -0.15) is 0 Å². The van der Waals surface area contributed by atoms with E-state index >= 15 is 0 Å². The number of benzene rings is 1. The maximum atomic E-state index is 12.6. The fraction of sp³-hybridized carbons (Fsp3) is 0.391. The number of aromatic amines is 1. The maximum absolute atomic E-state index is 12.6. The van der Waals surface area contributed by atoms with Crippen LogP contribution in [0.1, 0.15) is 48.3 Å². The average molecular weight is 436 g/mol. The molecule has 5 rings (SSSR count). The molecule has 7 nitrogen and oxygen atoms in total. The number of rotatable bonds is 6. The summed E-state index contributed by atoms with van der Waals surface area (Å²) in [5.74, 6) is 1.34. The number of amides is 1. The number of fused-ring (bicyclic) bond motifs is 4. The van der Waals surface area contributed by atoms with Crippen molar-refractivity contribution in [2.45, 2.75) is 58.5 Å². The largest absolute Gasteiger partial charge is 0.349 e. The topological polar surface area (TPSA) is 92.7 Å². The lowest BCUT2D eigenvalue weighted by Gasteiger charge is -2.09. The number of nitrogens with zero attached hydrogens (tertiary/aromatic N) is 3. The summed E-state index contributed by atoms with van der Waals surface area (Å²) in [6.07, 6.45) is 4.98. The number of aromatic nitrogens is 4. The summed E-state index contributed by atoms with van der Waals surface area (Å²) in [5.41, 5.74) is 3.12. The minimum atomic E-state index is -0.0806. The standard InChI is InChI=1S/C23H25N5O2S/c1-2-28-16-9-5-4-8-15(16)25-19(28)13-24-20(29)12-11-18-26-22(30)21-14-7-3-6-10-17(14)31-23(21)27-18/h4-5,8-9H,2-3,6-7,10-13H2,1H3,(H,24,29)(H,26,27,30). The zero-order chi connectivity index (χ0) is 21.4. The van der Waals surface area contributed by atoms with Crippen molar-refractivity contribution in [2.24, 2.45) is 0 Å². The molecule has 0 radical (unpaired) electrons. The molecule has 3 heterocycles. The van der Waals surface area contributed by atoms with Crippen molar-refractivity contribution >= 4 is 38.5 Å². The average Bonchev–Trinajstić information content (AvgIpc) is 3.33. The molecular weight excluding hydrogens is 410 g/mol. The van der Waals surface area contributed by atoms with Gasteiger partial charge in [0.05, 0.1) is 23.0 Å². The highest BCUT2D eigenvalue weighted by Crippen LogP contribution is 2.33. The van der Waals surface area contributed by atoms with Gasteiger partial charge in [0, 0.05) is 24.3 Å². The van der Waals surface area contributed by atoms with Crippen molar-refractivity contribution < 1.29 is 4.79 Å². The lowest BCUT2D eigenvalue weighted by Crippen LogP contribution is -2.25. The van der Waals surface area contributed by atoms with Gasteiger partial charge in [0.25, 0.3) is 5.56 Å². The van der Waals surface area contributed by atoms with Crippen LogP contribution in [0.3, 0.4) is 0 Å². The van der Waals surface area contributed by atoms with Crippen LogP contribution in [0.5, 0.6) is 0 Å². The number of thiophene rings is 1. The van der Waals surface area contributed by atoms with E-state index in [2.05, 4.69) is 31.8 Å². The van der Waals surface area contributed by atoms with Crippen molar-refractivity contribution in [3.63, 3.8) is 0 Å². The van der Waals surface area contributed by atoms with Gasteiger partial charge in [-0.05, 0) is 50.3 Å². The number of imidazole rings is 1. The summed E-state index contributed by atoms with van der Waals surface area (Å²) in [7, 11) is 0. The zero-order valence-corrected chi connectivity index (χ0v) is 18.3. The van der Waals surface area contributed by atoms with Gasteiger partial charge in [-0.3, -0.25) is 9.59 Å². The first-order valence-electron chi connectivity index (χ1n) is 10.9. The minimum Gasteiger partial charge on any atom is -0.349 e. The minimum absolute atomic E-state index is 0.0727. The van der Waals surface area contributed by atoms with E-state index in [4.69, 9.17) is 0 Å². The number of hydrogen-bond acceptors (Lipinski definition) is 5.